The Labute approximate surface area is 162 Å². The summed E-state index contributed by atoms with van der Waals surface area (Å²) in [6, 6.07) is 9.04. The minimum Gasteiger partial charge on any atom is -0.450 e. The van der Waals surface area contributed by atoms with Gasteiger partial charge in [0.25, 0.3) is 11.6 Å². The van der Waals surface area contributed by atoms with E-state index in [0.29, 0.717) is 17.9 Å². The number of non-ortho nitro benzene ring substituents is 1. The molecule has 8 nitrogen and oxygen atoms in total. The molecular weight excluding hydrogens is 364 g/mol. The number of furan rings is 1. The van der Waals surface area contributed by atoms with E-state index in [1.807, 2.05) is 6.92 Å². The Morgan fingerprint density at radius 2 is 1.96 bits per heavy atom. The summed E-state index contributed by atoms with van der Waals surface area (Å²) in [5.41, 5.74) is 0.566. The van der Waals surface area contributed by atoms with Crippen molar-refractivity contribution >= 4 is 17.6 Å². The number of carbonyl (C=O) groups is 2. The zero-order valence-electron chi connectivity index (χ0n) is 15.6. The minimum absolute atomic E-state index is 0.0214. The number of nitro benzene ring substituents is 1. The summed E-state index contributed by atoms with van der Waals surface area (Å²) >= 11 is 0. The van der Waals surface area contributed by atoms with E-state index in [2.05, 4.69) is 0 Å². The number of amides is 1. The largest absolute Gasteiger partial charge is 0.450 e. The van der Waals surface area contributed by atoms with E-state index in [4.69, 9.17) is 9.15 Å². The van der Waals surface area contributed by atoms with Gasteiger partial charge in [0.15, 0.2) is 6.61 Å². The molecule has 8 heteroatoms. The molecule has 1 aliphatic heterocycles. The van der Waals surface area contributed by atoms with Gasteiger partial charge in [0.2, 0.25) is 5.76 Å². The number of ether oxygens (including phenoxy) is 1. The van der Waals surface area contributed by atoms with Crippen molar-refractivity contribution in [2.75, 3.05) is 13.2 Å². The molecule has 1 aliphatic rings. The van der Waals surface area contributed by atoms with Gasteiger partial charge in [-0.05, 0) is 49.9 Å². The fourth-order valence-corrected chi connectivity index (χ4v) is 3.38. The standard InChI is InChI=1S/C20H22N2O6/c1-2-15-5-3-4-12-21(15)19(23)13-27-20(24)18-11-10-17(28-18)14-6-8-16(9-7-14)22(25)26/h6-11,15H,2-5,12-13H2,1H3/t15-/m0/s1. The predicted molar refractivity (Wildman–Crippen MR) is 101 cm³/mol. The predicted octanol–water partition coefficient (Wildman–Crippen LogP) is 3.80. The Balaban J connectivity index is 1.59. The number of nitrogens with zero attached hydrogens (tertiary/aromatic N) is 2. The van der Waals surface area contributed by atoms with Gasteiger partial charge in [-0.15, -0.1) is 0 Å². The molecule has 1 fully saturated rings. The number of rotatable bonds is 6. The van der Waals surface area contributed by atoms with Crippen molar-refractivity contribution in [1.82, 2.24) is 4.90 Å². The van der Waals surface area contributed by atoms with Crippen LogP contribution in [0.1, 0.15) is 43.2 Å². The highest BCUT2D eigenvalue weighted by Gasteiger charge is 2.26. The number of hydrogen-bond donors (Lipinski definition) is 0. The van der Waals surface area contributed by atoms with E-state index >= 15 is 0 Å². The molecule has 0 spiro atoms. The zero-order chi connectivity index (χ0) is 20.1. The smallest absolute Gasteiger partial charge is 0.374 e. The molecule has 0 unspecified atom stereocenters. The van der Waals surface area contributed by atoms with E-state index < -0.39 is 10.9 Å². The number of nitro groups is 1. The van der Waals surface area contributed by atoms with Crippen molar-refractivity contribution in [3.8, 4) is 11.3 Å². The third-order valence-electron chi connectivity index (χ3n) is 4.92. The second-order valence-electron chi connectivity index (χ2n) is 6.69. The molecule has 0 N–H and O–H groups in total. The fourth-order valence-electron chi connectivity index (χ4n) is 3.38. The molecule has 1 atom stereocenters. The average Bonchev–Trinajstić information content (AvgIpc) is 3.22. The Bertz CT molecular complexity index is 858. The minimum atomic E-state index is -0.716. The lowest BCUT2D eigenvalue weighted by molar-refractivity contribution is -0.384. The van der Waals surface area contributed by atoms with Crippen molar-refractivity contribution in [2.24, 2.45) is 0 Å². The van der Waals surface area contributed by atoms with Crippen LogP contribution in [-0.4, -0.2) is 40.9 Å². The lowest BCUT2D eigenvalue weighted by Crippen LogP contribution is -2.45. The van der Waals surface area contributed by atoms with Gasteiger partial charge in [-0.25, -0.2) is 4.79 Å². The van der Waals surface area contributed by atoms with Crippen LogP contribution in [0, 0.1) is 10.1 Å². The maximum Gasteiger partial charge on any atom is 0.374 e. The van der Waals surface area contributed by atoms with Crippen LogP contribution in [-0.2, 0) is 9.53 Å². The van der Waals surface area contributed by atoms with Crippen LogP contribution >= 0.6 is 0 Å². The van der Waals surface area contributed by atoms with Gasteiger partial charge < -0.3 is 14.1 Å². The first kappa shape index (κ1) is 19.6. The lowest BCUT2D eigenvalue weighted by Gasteiger charge is -2.35. The second kappa shape index (κ2) is 8.69. The van der Waals surface area contributed by atoms with Crippen LogP contribution in [0.15, 0.2) is 40.8 Å². The number of carbonyl (C=O) groups excluding carboxylic acids is 2. The van der Waals surface area contributed by atoms with Gasteiger partial charge in [-0.1, -0.05) is 6.92 Å². The van der Waals surface area contributed by atoms with Gasteiger partial charge in [0.05, 0.1) is 4.92 Å². The summed E-state index contributed by atoms with van der Waals surface area (Å²) < 4.78 is 10.6. The first-order valence-electron chi connectivity index (χ1n) is 9.31. The highest BCUT2D eigenvalue weighted by Crippen LogP contribution is 2.25. The fraction of sp³-hybridized carbons (Fsp3) is 0.400. The number of hydrogen-bond acceptors (Lipinski definition) is 6. The van der Waals surface area contributed by atoms with Gasteiger partial charge in [0, 0.05) is 30.3 Å². The summed E-state index contributed by atoms with van der Waals surface area (Å²) in [5, 5.41) is 10.7. The Morgan fingerprint density at radius 3 is 2.64 bits per heavy atom. The average molecular weight is 386 g/mol. The molecule has 0 aliphatic carbocycles. The molecule has 1 aromatic heterocycles. The molecule has 1 amide bonds. The number of esters is 1. The summed E-state index contributed by atoms with van der Waals surface area (Å²) in [4.78, 5) is 36.6. The van der Waals surface area contributed by atoms with Crippen molar-refractivity contribution < 1.29 is 23.7 Å². The summed E-state index contributed by atoms with van der Waals surface area (Å²) in [6.45, 7) is 2.42. The van der Waals surface area contributed by atoms with Crippen LogP contribution in [0.4, 0.5) is 5.69 Å². The number of likely N-dealkylation sites (tertiary alicyclic amines) is 1. The summed E-state index contributed by atoms with van der Waals surface area (Å²) in [7, 11) is 0. The highest BCUT2D eigenvalue weighted by atomic mass is 16.6. The molecule has 0 bridgehead atoms. The van der Waals surface area contributed by atoms with E-state index in [1.54, 1.807) is 11.0 Å². The van der Waals surface area contributed by atoms with Crippen molar-refractivity contribution in [1.29, 1.82) is 0 Å². The molecule has 3 rings (SSSR count). The van der Waals surface area contributed by atoms with Crippen LogP contribution in [0.5, 0.6) is 0 Å². The SMILES string of the molecule is CC[C@H]1CCCCN1C(=O)COC(=O)c1ccc(-c2ccc([N+](=O)[O-])cc2)o1. The maximum atomic E-state index is 12.4. The Hall–Kier alpha value is -3.16. The molecule has 1 saturated heterocycles. The molecule has 148 valence electrons. The highest BCUT2D eigenvalue weighted by molar-refractivity contribution is 5.89. The normalized spacial score (nSPS) is 16.6. The van der Waals surface area contributed by atoms with E-state index in [1.165, 1.54) is 30.3 Å². The lowest BCUT2D eigenvalue weighted by atomic mass is 10.00. The van der Waals surface area contributed by atoms with E-state index in [-0.39, 0.29) is 30.0 Å². The van der Waals surface area contributed by atoms with Crippen LogP contribution in [0.25, 0.3) is 11.3 Å². The first-order valence-corrected chi connectivity index (χ1v) is 9.31. The molecule has 28 heavy (non-hydrogen) atoms. The van der Waals surface area contributed by atoms with Gasteiger partial charge >= 0.3 is 5.97 Å². The van der Waals surface area contributed by atoms with Crippen LogP contribution in [0.3, 0.4) is 0 Å². The first-order chi connectivity index (χ1) is 13.5. The Kier molecular flexibility index (Phi) is 6.08. The van der Waals surface area contributed by atoms with E-state index in [9.17, 15) is 19.7 Å². The quantitative estimate of drug-likeness (QED) is 0.425. The van der Waals surface area contributed by atoms with Gasteiger partial charge in [-0.3, -0.25) is 14.9 Å². The molecule has 0 saturated carbocycles. The second-order valence-corrected chi connectivity index (χ2v) is 6.69. The molecule has 0 radical (unpaired) electrons. The number of piperidine rings is 1. The zero-order valence-corrected chi connectivity index (χ0v) is 15.6. The van der Waals surface area contributed by atoms with E-state index in [0.717, 1.165) is 25.7 Å². The van der Waals surface area contributed by atoms with Crippen molar-refractivity contribution in [2.45, 2.75) is 38.6 Å². The molecular formula is C20H22N2O6. The third kappa shape index (κ3) is 4.39. The van der Waals surface area contributed by atoms with Crippen LogP contribution < -0.4 is 0 Å². The van der Waals surface area contributed by atoms with Crippen molar-refractivity contribution in [3.63, 3.8) is 0 Å². The van der Waals surface area contributed by atoms with Gasteiger partial charge in [-0.2, -0.15) is 0 Å². The monoisotopic (exact) mass is 386 g/mol. The molecule has 2 aromatic rings. The summed E-state index contributed by atoms with van der Waals surface area (Å²) in [6.07, 6.45) is 3.94. The topological polar surface area (TPSA) is 103 Å². The maximum absolute atomic E-state index is 12.4. The number of benzene rings is 1. The third-order valence-corrected chi connectivity index (χ3v) is 4.92. The van der Waals surface area contributed by atoms with Crippen molar-refractivity contribution in [3.05, 3.63) is 52.3 Å². The molecule has 2 heterocycles. The Morgan fingerprint density at radius 1 is 1.21 bits per heavy atom. The van der Waals surface area contributed by atoms with Gasteiger partial charge in [0.1, 0.15) is 5.76 Å². The van der Waals surface area contributed by atoms with Crippen LogP contribution in [0.2, 0.25) is 0 Å². The molecule has 1 aromatic carbocycles. The summed E-state index contributed by atoms with van der Waals surface area (Å²) in [5.74, 6) is -0.546.